The summed E-state index contributed by atoms with van der Waals surface area (Å²) in [4.78, 5) is 11.7. The smallest absolute Gasteiger partial charge is 0.405 e. The van der Waals surface area contributed by atoms with Crippen molar-refractivity contribution in [3.8, 4) is 5.75 Å². The van der Waals surface area contributed by atoms with Gasteiger partial charge in [-0.25, -0.2) is 4.39 Å². The molecule has 0 bridgehead atoms. The number of hydrogen-bond donors (Lipinski definition) is 1. The Morgan fingerprint density at radius 1 is 1.13 bits per heavy atom. The van der Waals surface area contributed by atoms with Gasteiger partial charge in [0.15, 0.2) is 0 Å². The molecule has 2 N–H and O–H groups in total. The highest BCUT2D eigenvalue weighted by molar-refractivity contribution is 5.83. The van der Waals surface area contributed by atoms with Crippen molar-refractivity contribution in [1.29, 1.82) is 0 Å². The van der Waals surface area contributed by atoms with E-state index in [1.54, 1.807) is 6.07 Å². The Bertz CT molecular complexity index is 700. The lowest BCUT2D eigenvalue weighted by Crippen LogP contribution is -2.25. The zero-order valence-corrected chi connectivity index (χ0v) is 11.8. The third-order valence-corrected chi connectivity index (χ3v) is 3.19. The van der Waals surface area contributed by atoms with E-state index in [0.717, 1.165) is 6.07 Å². The second-order valence-electron chi connectivity index (χ2n) is 4.87. The molecular weight excluding hydrogens is 314 g/mol. The van der Waals surface area contributed by atoms with Gasteiger partial charge in [0, 0.05) is 5.56 Å². The Kier molecular flexibility index (Phi) is 4.88. The van der Waals surface area contributed by atoms with Crippen LogP contribution in [0.25, 0.3) is 0 Å². The molecule has 0 aliphatic rings. The van der Waals surface area contributed by atoms with Crippen molar-refractivity contribution in [1.82, 2.24) is 0 Å². The maximum atomic E-state index is 13.2. The van der Waals surface area contributed by atoms with Crippen molar-refractivity contribution < 1.29 is 27.1 Å². The molecule has 2 aromatic carbocycles. The molecule has 0 aromatic heterocycles. The molecule has 0 aliphatic heterocycles. The highest BCUT2D eigenvalue weighted by Gasteiger charge is 2.33. The third-order valence-electron chi connectivity index (χ3n) is 3.19. The number of para-hydroxylation sites is 1. The van der Waals surface area contributed by atoms with Crippen LogP contribution in [0.3, 0.4) is 0 Å². The first-order chi connectivity index (χ1) is 10.8. The molecule has 23 heavy (non-hydrogen) atoms. The second kappa shape index (κ2) is 6.68. The molecule has 7 heteroatoms. The van der Waals surface area contributed by atoms with Crippen molar-refractivity contribution >= 4 is 5.91 Å². The van der Waals surface area contributed by atoms with E-state index in [4.69, 9.17) is 5.73 Å². The highest BCUT2D eigenvalue weighted by Crippen LogP contribution is 2.33. The first kappa shape index (κ1) is 16.8. The molecule has 0 unspecified atom stereocenters. The summed E-state index contributed by atoms with van der Waals surface area (Å²) in [5.41, 5.74) is 5.76. The van der Waals surface area contributed by atoms with Crippen LogP contribution in [-0.4, -0.2) is 12.3 Å². The fourth-order valence-electron chi connectivity index (χ4n) is 2.25. The van der Waals surface area contributed by atoms with Gasteiger partial charge >= 0.3 is 6.36 Å². The van der Waals surface area contributed by atoms with E-state index < -0.39 is 29.8 Å². The summed E-state index contributed by atoms with van der Waals surface area (Å²) in [5, 5.41) is 0. The molecule has 3 nitrogen and oxygen atoms in total. The maximum Gasteiger partial charge on any atom is 0.573 e. The van der Waals surface area contributed by atoms with E-state index in [9.17, 15) is 22.4 Å². The Morgan fingerprint density at radius 2 is 1.83 bits per heavy atom. The van der Waals surface area contributed by atoms with Gasteiger partial charge in [0.05, 0.1) is 5.92 Å². The van der Waals surface area contributed by atoms with E-state index in [2.05, 4.69) is 4.74 Å². The minimum atomic E-state index is -4.89. The molecule has 2 aromatic rings. The molecule has 0 saturated heterocycles. The molecule has 0 saturated carbocycles. The van der Waals surface area contributed by atoms with E-state index in [0.29, 0.717) is 5.56 Å². The summed E-state index contributed by atoms with van der Waals surface area (Å²) in [6.45, 7) is 0. The number of carbonyl (C=O) groups is 1. The average Bonchev–Trinajstić information content (AvgIpc) is 2.44. The number of amides is 1. The van der Waals surface area contributed by atoms with Gasteiger partial charge in [-0.1, -0.05) is 30.3 Å². The maximum absolute atomic E-state index is 13.2. The van der Waals surface area contributed by atoms with Crippen LogP contribution in [0.15, 0.2) is 48.5 Å². The molecule has 0 radical (unpaired) electrons. The van der Waals surface area contributed by atoms with Crippen molar-refractivity contribution in [2.24, 2.45) is 5.73 Å². The van der Waals surface area contributed by atoms with E-state index in [-0.39, 0.29) is 12.0 Å². The lowest BCUT2D eigenvalue weighted by molar-refractivity contribution is -0.275. The first-order valence-corrected chi connectivity index (χ1v) is 6.64. The monoisotopic (exact) mass is 327 g/mol. The Labute approximate surface area is 129 Å². The Balaban J connectivity index is 2.37. The lowest BCUT2D eigenvalue weighted by atomic mass is 9.90. The quantitative estimate of drug-likeness (QED) is 0.854. The minimum absolute atomic E-state index is 0.00147. The van der Waals surface area contributed by atoms with E-state index in [1.807, 2.05) is 0 Å². The molecule has 1 amide bonds. The van der Waals surface area contributed by atoms with Crippen molar-refractivity contribution in [2.75, 3.05) is 0 Å². The largest absolute Gasteiger partial charge is 0.573 e. The zero-order valence-electron chi connectivity index (χ0n) is 11.8. The van der Waals surface area contributed by atoms with Crippen LogP contribution >= 0.6 is 0 Å². The van der Waals surface area contributed by atoms with Crippen LogP contribution in [0.2, 0.25) is 0 Å². The van der Waals surface area contributed by atoms with Gasteiger partial charge in [-0.2, -0.15) is 0 Å². The molecule has 0 aliphatic carbocycles. The highest BCUT2D eigenvalue weighted by atomic mass is 19.4. The molecule has 122 valence electrons. The summed E-state index contributed by atoms with van der Waals surface area (Å²) in [6.07, 6.45) is -4.93. The number of hydrogen-bond acceptors (Lipinski definition) is 2. The van der Waals surface area contributed by atoms with Crippen LogP contribution < -0.4 is 10.5 Å². The molecule has 0 spiro atoms. The normalized spacial score (nSPS) is 12.7. The van der Waals surface area contributed by atoms with Gasteiger partial charge < -0.3 is 10.5 Å². The number of rotatable bonds is 5. The van der Waals surface area contributed by atoms with E-state index in [1.165, 1.54) is 36.4 Å². The summed E-state index contributed by atoms with van der Waals surface area (Å²) in [5.74, 6) is -2.91. The number of alkyl halides is 3. The number of halogens is 4. The predicted octanol–water partition coefficient (Wildman–Crippen LogP) is 3.54. The number of carbonyl (C=O) groups excluding carboxylic acids is 1. The number of primary amides is 1. The van der Waals surface area contributed by atoms with Crippen molar-refractivity contribution in [3.63, 3.8) is 0 Å². The Morgan fingerprint density at radius 3 is 2.43 bits per heavy atom. The Hall–Kier alpha value is -2.57. The standard InChI is InChI=1S/C16H13F4NO2/c17-11-5-3-4-10(8-11)9-13(15(21)22)12-6-1-2-7-14(12)23-16(18,19)20/h1-8,13H,9H2,(H2,21,22)/t13-/m0/s1. The number of nitrogens with two attached hydrogens (primary N) is 1. The SMILES string of the molecule is NC(=O)[C@@H](Cc1cccc(F)c1)c1ccccc1OC(F)(F)F. The molecule has 2 rings (SSSR count). The third kappa shape index (κ3) is 4.70. The summed E-state index contributed by atoms with van der Waals surface area (Å²) < 4.78 is 54.6. The van der Waals surface area contributed by atoms with Crippen LogP contribution in [0.4, 0.5) is 17.6 Å². The predicted molar refractivity (Wildman–Crippen MR) is 75.2 cm³/mol. The zero-order chi connectivity index (χ0) is 17.0. The molecule has 0 heterocycles. The van der Waals surface area contributed by atoms with Gasteiger partial charge in [-0.15, -0.1) is 13.2 Å². The number of benzene rings is 2. The van der Waals surface area contributed by atoms with Gasteiger partial charge in [0.1, 0.15) is 11.6 Å². The second-order valence-corrected chi connectivity index (χ2v) is 4.87. The molecular formula is C16H13F4NO2. The fraction of sp³-hybridized carbons (Fsp3) is 0.188. The lowest BCUT2D eigenvalue weighted by Gasteiger charge is -2.19. The van der Waals surface area contributed by atoms with Crippen LogP contribution in [-0.2, 0) is 11.2 Å². The topological polar surface area (TPSA) is 52.3 Å². The van der Waals surface area contributed by atoms with Crippen LogP contribution in [0.1, 0.15) is 17.0 Å². The van der Waals surface area contributed by atoms with Crippen LogP contribution in [0.5, 0.6) is 5.75 Å². The van der Waals surface area contributed by atoms with Crippen molar-refractivity contribution in [2.45, 2.75) is 18.7 Å². The summed E-state index contributed by atoms with van der Waals surface area (Å²) in [6, 6.07) is 10.7. The first-order valence-electron chi connectivity index (χ1n) is 6.64. The minimum Gasteiger partial charge on any atom is -0.405 e. The van der Waals surface area contributed by atoms with Gasteiger partial charge in [0.25, 0.3) is 0 Å². The van der Waals surface area contributed by atoms with Crippen molar-refractivity contribution in [3.05, 3.63) is 65.5 Å². The van der Waals surface area contributed by atoms with Gasteiger partial charge in [-0.3, -0.25) is 4.79 Å². The van der Waals surface area contributed by atoms with Gasteiger partial charge in [0.2, 0.25) is 5.91 Å². The fourth-order valence-corrected chi connectivity index (χ4v) is 2.25. The molecule has 1 atom stereocenters. The van der Waals surface area contributed by atoms with Crippen LogP contribution in [0, 0.1) is 5.82 Å². The summed E-state index contributed by atoms with van der Waals surface area (Å²) >= 11 is 0. The van der Waals surface area contributed by atoms with Gasteiger partial charge in [-0.05, 0) is 30.2 Å². The molecule has 0 fully saturated rings. The number of ether oxygens (including phenoxy) is 1. The average molecular weight is 327 g/mol. The van der Waals surface area contributed by atoms with E-state index >= 15 is 0 Å². The summed E-state index contributed by atoms with van der Waals surface area (Å²) in [7, 11) is 0.